The molecule has 0 aliphatic heterocycles. The third kappa shape index (κ3) is 3.69. The van der Waals surface area contributed by atoms with Crippen LogP contribution >= 0.6 is 11.3 Å². The SMILES string of the molecule is CNC(=O)Cc1ccc(NC(=O)c2csc(-c3ccco3)n2)cc1. The smallest absolute Gasteiger partial charge is 0.275 e. The van der Waals surface area contributed by atoms with E-state index in [0.717, 1.165) is 5.56 Å². The van der Waals surface area contributed by atoms with Crippen LogP contribution in [0.4, 0.5) is 5.69 Å². The zero-order valence-corrected chi connectivity index (χ0v) is 13.7. The Labute approximate surface area is 142 Å². The van der Waals surface area contributed by atoms with Crippen LogP contribution in [-0.4, -0.2) is 23.8 Å². The second-order valence-electron chi connectivity index (χ2n) is 5.02. The summed E-state index contributed by atoms with van der Waals surface area (Å²) in [6.45, 7) is 0. The first kappa shape index (κ1) is 15.9. The van der Waals surface area contributed by atoms with Gasteiger partial charge in [-0.05, 0) is 29.8 Å². The van der Waals surface area contributed by atoms with Crippen LogP contribution < -0.4 is 10.6 Å². The Morgan fingerprint density at radius 1 is 1.21 bits per heavy atom. The van der Waals surface area contributed by atoms with E-state index in [-0.39, 0.29) is 11.8 Å². The summed E-state index contributed by atoms with van der Waals surface area (Å²) in [5.41, 5.74) is 1.86. The first-order chi connectivity index (χ1) is 11.7. The maximum Gasteiger partial charge on any atom is 0.275 e. The molecule has 7 heteroatoms. The maximum atomic E-state index is 12.2. The summed E-state index contributed by atoms with van der Waals surface area (Å²) in [5, 5.41) is 7.70. The Morgan fingerprint density at radius 2 is 2.00 bits per heavy atom. The van der Waals surface area contributed by atoms with Crippen LogP contribution in [0.25, 0.3) is 10.8 Å². The van der Waals surface area contributed by atoms with Gasteiger partial charge in [-0.25, -0.2) is 4.98 Å². The number of aromatic nitrogens is 1. The van der Waals surface area contributed by atoms with E-state index in [9.17, 15) is 9.59 Å². The van der Waals surface area contributed by atoms with Crippen molar-refractivity contribution in [3.63, 3.8) is 0 Å². The van der Waals surface area contributed by atoms with Crippen molar-refractivity contribution in [3.05, 3.63) is 59.3 Å². The number of nitrogens with one attached hydrogen (secondary N) is 2. The van der Waals surface area contributed by atoms with Crippen molar-refractivity contribution in [2.45, 2.75) is 6.42 Å². The van der Waals surface area contributed by atoms with Crippen molar-refractivity contribution in [2.75, 3.05) is 12.4 Å². The number of amides is 2. The second-order valence-corrected chi connectivity index (χ2v) is 5.87. The zero-order valence-electron chi connectivity index (χ0n) is 12.9. The minimum absolute atomic E-state index is 0.0558. The number of likely N-dealkylation sites (N-methyl/N-ethyl adjacent to an activating group) is 1. The fourth-order valence-electron chi connectivity index (χ4n) is 2.07. The van der Waals surface area contributed by atoms with Crippen LogP contribution in [0.1, 0.15) is 16.1 Å². The molecule has 0 fully saturated rings. The van der Waals surface area contributed by atoms with Gasteiger partial charge in [0.25, 0.3) is 5.91 Å². The fraction of sp³-hybridized carbons (Fsp3) is 0.118. The predicted molar refractivity (Wildman–Crippen MR) is 92.0 cm³/mol. The van der Waals surface area contributed by atoms with Gasteiger partial charge < -0.3 is 15.1 Å². The van der Waals surface area contributed by atoms with E-state index in [2.05, 4.69) is 15.6 Å². The summed E-state index contributed by atoms with van der Waals surface area (Å²) in [4.78, 5) is 27.9. The first-order valence-electron chi connectivity index (χ1n) is 7.26. The van der Waals surface area contributed by atoms with Crippen molar-refractivity contribution in [3.8, 4) is 10.8 Å². The molecule has 2 heterocycles. The molecule has 0 unspecified atom stereocenters. The van der Waals surface area contributed by atoms with Crippen LogP contribution in [0.5, 0.6) is 0 Å². The molecule has 0 aliphatic carbocycles. The number of rotatable bonds is 5. The maximum absolute atomic E-state index is 12.2. The van der Waals surface area contributed by atoms with Crippen LogP contribution in [0.2, 0.25) is 0 Å². The van der Waals surface area contributed by atoms with Gasteiger partial charge in [0.2, 0.25) is 5.91 Å². The van der Waals surface area contributed by atoms with Gasteiger partial charge >= 0.3 is 0 Å². The highest BCUT2D eigenvalue weighted by Gasteiger charge is 2.13. The minimum Gasteiger partial charge on any atom is -0.462 e. The third-order valence-electron chi connectivity index (χ3n) is 3.32. The third-order valence-corrected chi connectivity index (χ3v) is 4.18. The monoisotopic (exact) mass is 341 g/mol. The molecular weight excluding hydrogens is 326 g/mol. The van der Waals surface area contributed by atoms with E-state index < -0.39 is 0 Å². The van der Waals surface area contributed by atoms with Crippen LogP contribution in [0.3, 0.4) is 0 Å². The molecule has 1 aromatic carbocycles. The Bertz CT molecular complexity index is 838. The van der Waals surface area contributed by atoms with E-state index in [1.807, 2.05) is 0 Å². The number of nitrogens with zero attached hydrogens (tertiary/aromatic N) is 1. The molecule has 2 N–H and O–H groups in total. The van der Waals surface area contributed by atoms with Crippen LogP contribution in [-0.2, 0) is 11.2 Å². The number of anilines is 1. The number of carbonyl (C=O) groups is 2. The number of hydrogen-bond donors (Lipinski definition) is 2. The number of hydrogen-bond acceptors (Lipinski definition) is 5. The average molecular weight is 341 g/mol. The van der Waals surface area contributed by atoms with E-state index in [1.54, 1.807) is 55.1 Å². The lowest BCUT2D eigenvalue weighted by Crippen LogP contribution is -2.19. The molecule has 2 aromatic heterocycles. The summed E-state index contributed by atoms with van der Waals surface area (Å²) in [6, 6.07) is 10.7. The average Bonchev–Trinajstić information content (AvgIpc) is 3.27. The van der Waals surface area contributed by atoms with Crippen molar-refractivity contribution in [2.24, 2.45) is 0 Å². The molecule has 3 aromatic rings. The van der Waals surface area contributed by atoms with Gasteiger partial charge in [-0.1, -0.05) is 12.1 Å². The van der Waals surface area contributed by atoms with Gasteiger partial charge in [-0.2, -0.15) is 0 Å². The zero-order chi connectivity index (χ0) is 16.9. The quantitative estimate of drug-likeness (QED) is 0.747. The molecule has 0 saturated carbocycles. The molecular formula is C17H15N3O3S. The Balaban J connectivity index is 1.65. The molecule has 0 bridgehead atoms. The number of thiazole rings is 1. The molecule has 24 heavy (non-hydrogen) atoms. The van der Waals surface area contributed by atoms with E-state index >= 15 is 0 Å². The first-order valence-corrected chi connectivity index (χ1v) is 8.14. The molecule has 122 valence electrons. The molecule has 0 atom stereocenters. The topological polar surface area (TPSA) is 84.2 Å². The van der Waals surface area contributed by atoms with E-state index in [4.69, 9.17) is 4.42 Å². The highest BCUT2D eigenvalue weighted by atomic mass is 32.1. The van der Waals surface area contributed by atoms with Crippen molar-refractivity contribution in [1.29, 1.82) is 0 Å². The lowest BCUT2D eigenvalue weighted by atomic mass is 10.1. The Hall–Kier alpha value is -2.93. The minimum atomic E-state index is -0.289. The standard InChI is InChI=1S/C17H15N3O3S/c1-18-15(21)9-11-4-6-12(7-5-11)19-16(22)13-10-24-17(20-13)14-3-2-8-23-14/h2-8,10H,9H2,1H3,(H,18,21)(H,19,22). The highest BCUT2D eigenvalue weighted by Crippen LogP contribution is 2.24. The molecule has 2 amide bonds. The summed E-state index contributed by atoms with van der Waals surface area (Å²) in [7, 11) is 1.60. The molecule has 0 saturated heterocycles. The normalized spacial score (nSPS) is 10.4. The predicted octanol–water partition coefficient (Wildman–Crippen LogP) is 2.94. The van der Waals surface area contributed by atoms with Crippen molar-refractivity contribution < 1.29 is 14.0 Å². The molecule has 0 spiro atoms. The van der Waals surface area contributed by atoms with Crippen molar-refractivity contribution in [1.82, 2.24) is 10.3 Å². The molecule has 6 nitrogen and oxygen atoms in total. The number of furan rings is 1. The van der Waals surface area contributed by atoms with E-state index in [1.165, 1.54) is 11.3 Å². The Morgan fingerprint density at radius 3 is 2.67 bits per heavy atom. The van der Waals surface area contributed by atoms with Gasteiger partial charge in [0, 0.05) is 18.1 Å². The van der Waals surface area contributed by atoms with Crippen LogP contribution in [0.15, 0.2) is 52.5 Å². The summed E-state index contributed by atoms with van der Waals surface area (Å²) in [6.07, 6.45) is 1.88. The molecule has 0 aliphatic rings. The largest absolute Gasteiger partial charge is 0.462 e. The summed E-state index contributed by atoms with van der Waals surface area (Å²) in [5.74, 6) is 0.292. The Kier molecular flexibility index (Phi) is 4.72. The van der Waals surface area contributed by atoms with Gasteiger partial charge in [0.05, 0.1) is 12.7 Å². The van der Waals surface area contributed by atoms with Crippen molar-refractivity contribution >= 4 is 28.8 Å². The van der Waals surface area contributed by atoms with Gasteiger partial charge in [0.15, 0.2) is 10.8 Å². The number of carbonyl (C=O) groups excluding carboxylic acids is 2. The van der Waals surface area contributed by atoms with Crippen LogP contribution in [0, 0.1) is 0 Å². The highest BCUT2D eigenvalue weighted by molar-refractivity contribution is 7.13. The number of benzene rings is 1. The second kappa shape index (κ2) is 7.10. The molecule has 0 radical (unpaired) electrons. The van der Waals surface area contributed by atoms with Gasteiger partial charge in [-0.3, -0.25) is 9.59 Å². The summed E-state index contributed by atoms with van der Waals surface area (Å²) < 4.78 is 5.27. The molecule has 3 rings (SSSR count). The van der Waals surface area contributed by atoms with Gasteiger partial charge in [0.1, 0.15) is 5.69 Å². The van der Waals surface area contributed by atoms with E-state index in [0.29, 0.717) is 28.6 Å². The lowest BCUT2D eigenvalue weighted by Gasteiger charge is -2.05. The fourth-order valence-corrected chi connectivity index (χ4v) is 2.83. The van der Waals surface area contributed by atoms with Gasteiger partial charge in [-0.15, -0.1) is 11.3 Å². The lowest BCUT2D eigenvalue weighted by molar-refractivity contribution is -0.119. The summed E-state index contributed by atoms with van der Waals surface area (Å²) >= 11 is 1.35.